The molecule has 0 aromatic carbocycles. The molecule has 0 aliphatic heterocycles. The molecule has 0 heterocycles. The van der Waals surface area contributed by atoms with Crippen LogP contribution in [-0.2, 0) is 9.59 Å². The minimum absolute atomic E-state index is 0. The van der Waals surface area contributed by atoms with Crippen LogP contribution < -0.4 is 0 Å². The summed E-state index contributed by atoms with van der Waals surface area (Å²) in [5.41, 5.74) is 0. The molecule has 0 spiro atoms. The predicted octanol–water partition coefficient (Wildman–Crippen LogP) is 17.6. The molecule has 0 aromatic heterocycles. The second-order valence-corrected chi connectivity index (χ2v) is 24.9. The summed E-state index contributed by atoms with van der Waals surface area (Å²) in [6, 6.07) is 0. The van der Waals surface area contributed by atoms with Crippen molar-refractivity contribution in [1.29, 1.82) is 0 Å². The fraction of sp³-hybridized carbons (Fsp3) is 0.885. The first-order valence-electron chi connectivity index (χ1n) is 25.5. The van der Waals surface area contributed by atoms with Crippen LogP contribution in [0.3, 0.4) is 0 Å². The zero-order valence-electron chi connectivity index (χ0n) is 40.8. The van der Waals surface area contributed by atoms with Gasteiger partial charge in [0.1, 0.15) is 0 Å². The van der Waals surface area contributed by atoms with Gasteiger partial charge in [-0.15, -0.1) is 0 Å². The second-order valence-electron chi connectivity index (χ2n) is 16.4. The Balaban J connectivity index is -0.000000233. The van der Waals surface area contributed by atoms with Gasteiger partial charge in [0, 0.05) is 12.8 Å². The van der Waals surface area contributed by atoms with E-state index >= 15 is 0 Å². The number of unbranched alkanes of at least 4 members (excludes halogenated alkanes) is 26. The molecule has 0 aliphatic rings. The fourth-order valence-electron chi connectivity index (χ4n) is 6.15. The third-order valence-electron chi connectivity index (χ3n) is 10.1. The summed E-state index contributed by atoms with van der Waals surface area (Å²) in [5, 5.41) is 17.0. The largest absolute Gasteiger partial charge is 0.412 e. The van der Waals surface area contributed by atoms with Crippen LogP contribution in [0.2, 0.25) is 17.7 Å². The normalized spacial score (nSPS) is 10.7. The molecule has 0 aliphatic carbocycles. The number of hydrogen-bond acceptors (Lipinski definition) is 2. The van der Waals surface area contributed by atoms with Crippen molar-refractivity contribution in [3.8, 4) is 0 Å². The molecule has 0 aromatic rings. The molecule has 0 amide bonds. The third-order valence-corrected chi connectivity index (χ3v) is 18.2. The van der Waals surface area contributed by atoms with E-state index in [2.05, 4.69) is 65.8 Å². The number of hydrogen-bond donors (Lipinski definition) is 2. The Morgan fingerprint density at radius 2 is 0.525 bits per heavy atom. The van der Waals surface area contributed by atoms with Crippen molar-refractivity contribution in [2.45, 2.75) is 290 Å². The monoisotopic (exact) mass is 1050 g/mol. The van der Waals surface area contributed by atoms with Gasteiger partial charge in [0.25, 0.3) is 0 Å². The molecule has 0 saturated carbocycles. The van der Waals surface area contributed by atoms with Crippen LogP contribution in [0.1, 0.15) is 273 Å². The Labute approximate surface area is 391 Å². The molecule has 0 fully saturated rings. The molecule has 0 rings (SSSR count). The van der Waals surface area contributed by atoms with E-state index in [0.717, 1.165) is 25.7 Å². The summed E-state index contributed by atoms with van der Waals surface area (Å²) in [6.45, 7) is 13.7. The topological polar surface area (TPSA) is 106 Å². The molecule has 7 heteroatoms. The van der Waals surface area contributed by atoms with Gasteiger partial charge in [0.15, 0.2) is 0 Å². The summed E-state index contributed by atoms with van der Waals surface area (Å²) in [4.78, 5) is 20.6. The standard InChI is InChI=1S/2C18H34O2.4C4H9.H2O.2Sn/c2*1-2-3-4-5-6-7-8-9-10-11-12-13-14-15-16-17-18(19)20;4*1-3-4-2;;;/h2*9-10H,2-8,11-17H2,1H3,(H,19,20);4*1,3-4H2,2H3;1H2;;/b2*10-9+;;;;;;;. The quantitative estimate of drug-likeness (QED) is 0.0361. The van der Waals surface area contributed by atoms with E-state index in [9.17, 15) is 9.59 Å². The van der Waals surface area contributed by atoms with E-state index in [1.54, 1.807) is 17.7 Å². The van der Waals surface area contributed by atoms with Gasteiger partial charge in [-0.2, -0.15) is 0 Å². The minimum Gasteiger partial charge on any atom is -0.412 e. The Hall–Kier alpha value is -0.0226. The van der Waals surface area contributed by atoms with Crippen LogP contribution in [0.4, 0.5) is 0 Å². The number of carboxylic acids is 2. The van der Waals surface area contributed by atoms with Crippen LogP contribution in [0, 0.1) is 0 Å². The van der Waals surface area contributed by atoms with Gasteiger partial charge in [-0.1, -0.05) is 141 Å². The Morgan fingerprint density at radius 1 is 0.322 bits per heavy atom. The van der Waals surface area contributed by atoms with E-state index in [-0.39, 0.29) is 47.8 Å². The second kappa shape index (κ2) is 69.7. The van der Waals surface area contributed by atoms with Gasteiger partial charge in [-0.05, 0) is 64.2 Å². The summed E-state index contributed by atoms with van der Waals surface area (Å²) in [6.07, 6.45) is 54.2. The molecule has 59 heavy (non-hydrogen) atoms. The summed E-state index contributed by atoms with van der Waals surface area (Å²) in [5.74, 6) is -1.33. The Morgan fingerprint density at radius 3 is 0.746 bits per heavy atom. The van der Waals surface area contributed by atoms with Crippen LogP contribution in [-0.4, -0.2) is 69.9 Å². The number of carbonyl (C=O) groups is 2. The van der Waals surface area contributed by atoms with Crippen molar-refractivity contribution in [2.75, 3.05) is 0 Å². The van der Waals surface area contributed by atoms with Crippen LogP contribution in [0.25, 0.3) is 0 Å². The van der Waals surface area contributed by atoms with Gasteiger partial charge in [-0.3, -0.25) is 9.59 Å². The number of allylic oxidation sites excluding steroid dienone is 4. The summed E-state index contributed by atoms with van der Waals surface area (Å²) in [7, 11) is 0. The first kappa shape index (κ1) is 68.0. The Kier molecular flexibility index (Phi) is 80.3. The minimum atomic E-state index is -0.664. The van der Waals surface area contributed by atoms with Crippen LogP contribution in [0.15, 0.2) is 24.3 Å². The zero-order chi connectivity index (χ0) is 43.7. The molecular formula is C52H106O5Sn2. The SMILES string of the molecule is CCCCCCCC/C=C/CCCCCCCC(=O)O.CCCCCCCC/C=C/CCCCCCCC(=O)O.CCC[CH2][Sn][CH2]CCC.CCC[CH2][Sn][CH2]CCC.O. The maximum Gasteiger partial charge on any atom is -0.412 e. The van der Waals surface area contributed by atoms with Crippen molar-refractivity contribution in [3.05, 3.63) is 24.3 Å². The molecule has 352 valence electrons. The molecule has 4 N–H and O–H groups in total. The van der Waals surface area contributed by atoms with Gasteiger partial charge in [0.2, 0.25) is 0 Å². The number of aliphatic carboxylic acids is 2. The van der Waals surface area contributed by atoms with Gasteiger partial charge in [0.05, 0.1) is 0 Å². The zero-order valence-corrected chi connectivity index (χ0v) is 46.5. The van der Waals surface area contributed by atoms with E-state index in [4.69, 9.17) is 10.2 Å². The average Bonchev–Trinajstić information content (AvgIpc) is 3.21. The fourth-order valence-corrected chi connectivity index (χ4v) is 14.5. The van der Waals surface area contributed by atoms with Gasteiger partial charge < -0.3 is 15.7 Å². The van der Waals surface area contributed by atoms with Crippen molar-refractivity contribution in [1.82, 2.24) is 0 Å². The maximum atomic E-state index is 10.3. The van der Waals surface area contributed by atoms with Crippen molar-refractivity contribution in [2.24, 2.45) is 0 Å². The average molecular weight is 1050 g/mol. The van der Waals surface area contributed by atoms with Gasteiger partial charge in [-0.25, -0.2) is 0 Å². The van der Waals surface area contributed by atoms with Crippen LogP contribution >= 0.6 is 0 Å². The summed E-state index contributed by atoms with van der Waals surface area (Å²) >= 11 is 0.299. The van der Waals surface area contributed by atoms with Crippen molar-refractivity contribution >= 4 is 54.2 Å². The molecule has 5 nitrogen and oxygen atoms in total. The van der Waals surface area contributed by atoms with E-state index in [1.165, 1.54) is 193 Å². The smallest absolute Gasteiger partial charge is 0.412 e. The third kappa shape index (κ3) is 85.9. The molecule has 0 unspecified atom stereocenters. The van der Waals surface area contributed by atoms with Gasteiger partial charge >= 0.3 is 151 Å². The molecular weight excluding hydrogens is 942 g/mol. The summed E-state index contributed by atoms with van der Waals surface area (Å²) < 4.78 is 6.50. The first-order chi connectivity index (χ1) is 28.4. The van der Waals surface area contributed by atoms with E-state index in [0.29, 0.717) is 12.8 Å². The Bertz CT molecular complexity index is 713. The predicted molar refractivity (Wildman–Crippen MR) is 268 cm³/mol. The van der Waals surface area contributed by atoms with Crippen molar-refractivity contribution < 1.29 is 25.3 Å². The molecule has 0 saturated heterocycles. The van der Waals surface area contributed by atoms with E-state index in [1.807, 2.05) is 0 Å². The number of carboxylic acid groups (broad SMARTS) is 2. The maximum absolute atomic E-state index is 10.3. The molecule has 0 atom stereocenters. The number of rotatable bonds is 42. The van der Waals surface area contributed by atoms with Crippen LogP contribution in [0.5, 0.6) is 0 Å². The van der Waals surface area contributed by atoms with E-state index < -0.39 is 11.9 Å². The molecule has 0 bridgehead atoms. The molecule has 4 radical (unpaired) electrons. The van der Waals surface area contributed by atoms with Crippen molar-refractivity contribution in [3.63, 3.8) is 0 Å². The first-order valence-corrected chi connectivity index (χ1v) is 33.6.